The normalized spacial score (nSPS) is 20.3. The van der Waals surface area contributed by atoms with Crippen LogP contribution < -0.4 is 5.32 Å². The highest BCUT2D eigenvalue weighted by Crippen LogP contribution is 2.40. The molecule has 0 unspecified atom stereocenters. The molecule has 0 aliphatic heterocycles. The summed E-state index contributed by atoms with van der Waals surface area (Å²) >= 11 is 0. The maximum Gasteiger partial charge on any atom is 0.230 e. The summed E-state index contributed by atoms with van der Waals surface area (Å²) in [6, 6.07) is 6.35. The average Bonchev–Trinajstić information content (AvgIpc) is 3.07. The first-order chi connectivity index (χ1) is 10.2. The van der Waals surface area contributed by atoms with Gasteiger partial charge in [-0.25, -0.2) is 0 Å². The van der Waals surface area contributed by atoms with Crippen molar-refractivity contribution < 1.29 is 9.32 Å². The van der Waals surface area contributed by atoms with Gasteiger partial charge in [-0.1, -0.05) is 17.3 Å². The van der Waals surface area contributed by atoms with E-state index in [0.29, 0.717) is 11.7 Å². The van der Waals surface area contributed by atoms with E-state index in [-0.39, 0.29) is 11.9 Å². The number of amides is 1. The second-order valence-corrected chi connectivity index (χ2v) is 5.94. The van der Waals surface area contributed by atoms with Crippen molar-refractivity contribution in [1.82, 2.24) is 15.5 Å². The highest BCUT2D eigenvalue weighted by Gasteiger charge is 2.30. The van der Waals surface area contributed by atoms with Crippen molar-refractivity contribution in [3.63, 3.8) is 0 Å². The quantitative estimate of drug-likeness (QED) is 0.940. The summed E-state index contributed by atoms with van der Waals surface area (Å²) in [5.41, 5.74) is 3.47. The number of fused-ring (bicyclic) bond motifs is 1. The fourth-order valence-electron chi connectivity index (χ4n) is 3.00. The van der Waals surface area contributed by atoms with Crippen LogP contribution in [0.1, 0.15) is 55.2 Å². The van der Waals surface area contributed by atoms with Crippen LogP contribution in [0, 0.1) is 0 Å². The maximum absolute atomic E-state index is 11.2. The number of carbonyl (C=O) groups is 1. The molecular formula is C16H17N3O2. The second kappa shape index (κ2) is 4.69. The molecule has 0 spiro atoms. The first kappa shape index (κ1) is 12.6. The molecule has 1 N–H and O–H groups in total. The number of nitrogens with zero attached hydrogens (tertiary/aromatic N) is 2. The van der Waals surface area contributed by atoms with E-state index in [9.17, 15) is 4.79 Å². The number of aryl methyl sites for hydroxylation is 1. The fourth-order valence-corrected chi connectivity index (χ4v) is 3.00. The van der Waals surface area contributed by atoms with Crippen LogP contribution in [-0.4, -0.2) is 16.0 Å². The van der Waals surface area contributed by atoms with Gasteiger partial charge >= 0.3 is 0 Å². The molecule has 1 aromatic heterocycles. The largest absolute Gasteiger partial charge is 0.350 e. The lowest BCUT2D eigenvalue weighted by atomic mass is 10.0. The van der Waals surface area contributed by atoms with E-state index in [1.165, 1.54) is 11.1 Å². The van der Waals surface area contributed by atoms with Crippen molar-refractivity contribution in [1.29, 1.82) is 0 Å². The van der Waals surface area contributed by atoms with Crippen molar-refractivity contribution in [2.45, 2.75) is 44.6 Å². The Balaban J connectivity index is 1.61. The van der Waals surface area contributed by atoms with Gasteiger partial charge < -0.3 is 9.84 Å². The topological polar surface area (TPSA) is 68.0 Å². The summed E-state index contributed by atoms with van der Waals surface area (Å²) in [7, 11) is 0. The molecular weight excluding hydrogens is 266 g/mol. The number of hydrogen-bond donors (Lipinski definition) is 1. The van der Waals surface area contributed by atoms with Gasteiger partial charge in [0.2, 0.25) is 17.6 Å². The second-order valence-electron chi connectivity index (χ2n) is 5.94. The molecule has 2 aliphatic rings. The smallest absolute Gasteiger partial charge is 0.230 e. The number of rotatable bonds is 3. The number of benzene rings is 1. The molecule has 2 aliphatic carbocycles. The first-order valence-corrected chi connectivity index (χ1v) is 7.44. The molecule has 1 atom stereocenters. The molecule has 1 heterocycles. The van der Waals surface area contributed by atoms with Crippen LogP contribution in [0.25, 0.3) is 11.4 Å². The Morgan fingerprint density at radius 1 is 1.33 bits per heavy atom. The van der Waals surface area contributed by atoms with Gasteiger partial charge in [-0.3, -0.25) is 4.79 Å². The van der Waals surface area contributed by atoms with Gasteiger partial charge in [0.05, 0.1) is 6.04 Å². The monoisotopic (exact) mass is 283 g/mol. The van der Waals surface area contributed by atoms with Crippen LogP contribution in [0.2, 0.25) is 0 Å². The predicted octanol–water partition coefficient (Wildman–Crippen LogP) is 2.74. The maximum atomic E-state index is 11.2. The minimum atomic E-state index is 0.0177. The Kier molecular flexibility index (Phi) is 2.80. The zero-order valence-electron chi connectivity index (χ0n) is 11.9. The van der Waals surface area contributed by atoms with Gasteiger partial charge in [0.25, 0.3) is 0 Å². The third-order valence-corrected chi connectivity index (χ3v) is 4.22. The summed E-state index contributed by atoms with van der Waals surface area (Å²) < 4.78 is 5.32. The van der Waals surface area contributed by atoms with Crippen LogP contribution in [0.4, 0.5) is 0 Å². The predicted molar refractivity (Wildman–Crippen MR) is 76.6 cm³/mol. The van der Waals surface area contributed by atoms with Crippen LogP contribution in [0.15, 0.2) is 22.7 Å². The van der Waals surface area contributed by atoms with Gasteiger partial charge in [0.1, 0.15) is 0 Å². The molecule has 108 valence electrons. The number of aromatic nitrogens is 2. The van der Waals surface area contributed by atoms with E-state index < -0.39 is 0 Å². The van der Waals surface area contributed by atoms with Crippen LogP contribution in [0.3, 0.4) is 0 Å². The van der Waals surface area contributed by atoms with Crippen molar-refractivity contribution in [2.75, 3.05) is 0 Å². The van der Waals surface area contributed by atoms with Crippen LogP contribution in [-0.2, 0) is 11.2 Å². The van der Waals surface area contributed by atoms with Gasteiger partial charge in [0.15, 0.2) is 0 Å². The zero-order valence-corrected chi connectivity index (χ0v) is 11.9. The molecule has 2 aromatic rings. The molecule has 0 saturated heterocycles. The number of hydrogen-bond acceptors (Lipinski definition) is 4. The molecule has 4 rings (SSSR count). The van der Waals surface area contributed by atoms with Crippen molar-refractivity contribution in [3.05, 3.63) is 35.2 Å². The first-order valence-electron chi connectivity index (χ1n) is 7.44. The third-order valence-electron chi connectivity index (χ3n) is 4.22. The lowest BCUT2D eigenvalue weighted by Crippen LogP contribution is -2.24. The third kappa shape index (κ3) is 2.33. The van der Waals surface area contributed by atoms with Gasteiger partial charge in [0, 0.05) is 18.4 Å². The molecule has 1 amide bonds. The summed E-state index contributed by atoms with van der Waals surface area (Å²) in [4.78, 5) is 15.7. The lowest BCUT2D eigenvalue weighted by molar-refractivity contribution is -0.119. The molecule has 1 fully saturated rings. The fraction of sp³-hybridized carbons (Fsp3) is 0.438. The van der Waals surface area contributed by atoms with Gasteiger partial charge in [-0.05, 0) is 42.9 Å². The minimum Gasteiger partial charge on any atom is -0.350 e. The molecule has 0 radical (unpaired) electrons. The Labute approximate surface area is 122 Å². The van der Waals surface area contributed by atoms with Crippen molar-refractivity contribution >= 4 is 5.91 Å². The van der Waals surface area contributed by atoms with E-state index >= 15 is 0 Å². The Bertz CT molecular complexity index is 703. The molecule has 0 bridgehead atoms. The minimum absolute atomic E-state index is 0.0177. The van der Waals surface area contributed by atoms with Crippen molar-refractivity contribution in [3.8, 4) is 11.4 Å². The van der Waals surface area contributed by atoms with Crippen molar-refractivity contribution in [2.24, 2.45) is 0 Å². The zero-order chi connectivity index (χ0) is 14.4. The summed E-state index contributed by atoms with van der Waals surface area (Å²) in [6.07, 6.45) is 4.24. The highest BCUT2D eigenvalue weighted by atomic mass is 16.5. The SMILES string of the molecule is CC(=O)N[C@@H]1CCc2cc(-c3noc(C4CC4)n3)ccc21. The van der Waals surface area contributed by atoms with Crippen LogP contribution >= 0.6 is 0 Å². The van der Waals surface area contributed by atoms with Gasteiger partial charge in [-0.2, -0.15) is 4.98 Å². The van der Waals surface area contributed by atoms with E-state index in [1.807, 2.05) is 6.07 Å². The number of carbonyl (C=O) groups excluding carboxylic acids is 1. The van der Waals surface area contributed by atoms with E-state index in [2.05, 4.69) is 27.6 Å². The van der Waals surface area contributed by atoms with E-state index in [0.717, 1.165) is 37.1 Å². The van der Waals surface area contributed by atoms with Crippen LogP contribution in [0.5, 0.6) is 0 Å². The molecule has 5 heteroatoms. The van der Waals surface area contributed by atoms with Gasteiger partial charge in [-0.15, -0.1) is 0 Å². The summed E-state index contributed by atoms with van der Waals surface area (Å²) in [5, 5.41) is 7.08. The standard InChI is InChI=1S/C16H17N3O2/c1-9(20)17-14-7-5-11-8-12(4-6-13(11)14)15-18-16(21-19-15)10-2-3-10/h4,6,8,10,14H,2-3,5,7H2,1H3,(H,17,20)/t14-/m1/s1. The summed E-state index contributed by atoms with van der Waals surface area (Å²) in [5.74, 6) is 1.93. The molecule has 1 saturated carbocycles. The molecule has 21 heavy (non-hydrogen) atoms. The Morgan fingerprint density at radius 3 is 2.95 bits per heavy atom. The Morgan fingerprint density at radius 2 is 2.19 bits per heavy atom. The average molecular weight is 283 g/mol. The Hall–Kier alpha value is -2.17. The van der Waals surface area contributed by atoms with E-state index in [1.54, 1.807) is 6.92 Å². The molecule has 5 nitrogen and oxygen atoms in total. The lowest BCUT2D eigenvalue weighted by Gasteiger charge is -2.12. The molecule has 1 aromatic carbocycles. The van der Waals surface area contributed by atoms with E-state index in [4.69, 9.17) is 4.52 Å². The number of nitrogens with one attached hydrogen (secondary N) is 1. The summed E-state index contributed by atoms with van der Waals surface area (Å²) in [6.45, 7) is 1.56. The highest BCUT2D eigenvalue weighted by molar-refractivity contribution is 5.73.